The first-order chi connectivity index (χ1) is 14.0. The average Bonchev–Trinajstić information content (AvgIpc) is 2.73. The molecule has 0 aliphatic heterocycles. The zero-order valence-corrected chi connectivity index (χ0v) is 17.0. The smallest absolute Gasteiger partial charge is 0.274 e. The zero-order valence-electron chi connectivity index (χ0n) is 17.0. The van der Waals surface area contributed by atoms with Crippen molar-refractivity contribution in [2.45, 2.75) is 52.1 Å². The lowest BCUT2D eigenvalue weighted by Gasteiger charge is -2.26. The minimum atomic E-state index is -0.221. The van der Waals surface area contributed by atoms with Crippen molar-refractivity contribution in [2.24, 2.45) is 5.92 Å². The number of fused-ring (bicyclic) bond motifs is 2. The van der Waals surface area contributed by atoms with Crippen LogP contribution in [0.2, 0.25) is 0 Å². The predicted octanol–water partition coefficient (Wildman–Crippen LogP) is 4.25. The Kier molecular flexibility index (Phi) is 5.47. The lowest BCUT2D eigenvalue weighted by Crippen LogP contribution is -2.34. The SMILES string of the molecule is CC(C)CCn1nc(C(=O)NC2CCCc3ccccc32)c2ccccc2c1=O. The number of nitrogens with one attached hydrogen (secondary N) is 1. The highest BCUT2D eigenvalue weighted by atomic mass is 16.2. The highest BCUT2D eigenvalue weighted by Crippen LogP contribution is 2.29. The Bertz CT molecular complexity index is 1100. The number of aromatic nitrogens is 2. The van der Waals surface area contributed by atoms with E-state index in [1.54, 1.807) is 12.1 Å². The van der Waals surface area contributed by atoms with E-state index in [9.17, 15) is 9.59 Å². The Morgan fingerprint density at radius 3 is 2.66 bits per heavy atom. The minimum absolute atomic E-state index is 0.0240. The summed E-state index contributed by atoms with van der Waals surface area (Å²) in [4.78, 5) is 26.1. The maximum Gasteiger partial charge on any atom is 0.274 e. The van der Waals surface area contributed by atoms with Crippen LogP contribution in [0.15, 0.2) is 53.3 Å². The molecule has 0 radical (unpaired) electrons. The van der Waals surface area contributed by atoms with Crippen LogP contribution in [0.25, 0.3) is 10.8 Å². The molecule has 5 nitrogen and oxygen atoms in total. The van der Waals surface area contributed by atoms with Crippen molar-refractivity contribution >= 4 is 16.7 Å². The van der Waals surface area contributed by atoms with E-state index in [2.05, 4.69) is 36.4 Å². The van der Waals surface area contributed by atoms with Crippen LogP contribution in [0.5, 0.6) is 0 Å². The second kappa shape index (κ2) is 8.19. The molecule has 1 N–H and O–H groups in total. The average molecular weight is 389 g/mol. The summed E-state index contributed by atoms with van der Waals surface area (Å²) in [5, 5.41) is 8.82. The Labute approximate surface area is 170 Å². The summed E-state index contributed by atoms with van der Waals surface area (Å²) in [5.41, 5.74) is 2.67. The number of hydrogen-bond acceptors (Lipinski definition) is 3. The van der Waals surface area contributed by atoms with Gasteiger partial charge in [0.25, 0.3) is 11.5 Å². The third-order valence-electron chi connectivity index (χ3n) is 5.68. The third kappa shape index (κ3) is 3.95. The number of carbonyl (C=O) groups excluding carboxylic acids is 1. The fourth-order valence-electron chi connectivity index (χ4n) is 4.07. The maximum absolute atomic E-state index is 13.2. The molecule has 0 saturated heterocycles. The van der Waals surface area contributed by atoms with Gasteiger partial charge in [0.05, 0.1) is 11.4 Å². The normalized spacial score (nSPS) is 16.0. The summed E-state index contributed by atoms with van der Waals surface area (Å²) in [5.74, 6) is 0.229. The number of carbonyl (C=O) groups is 1. The third-order valence-corrected chi connectivity index (χ3v) is 5.68. The first-order valence-corrected chi connectivity index (χ1v) is 10.4. The summed E-state index contributed by atoms with van der Waals surface area (Å²) in [6.07, 6.45) is 3.84. The van der Waals surface area contributed by atoms with Gasteiger partial charge in [-0.15, -0.1) is 0 Å². The molecule has 0 saturated carbocycles. The largest absolute Gasteiger partial charge is 0.344 e. The number of rotatable bonds is 5. The fourth-order valence-corrected chi connectivity index (χ4v) is 4.07. The monoisotopic (exact) mass is 389 g/mol. The van der Waals surface area contributed by atoms with Crippen LogP contribution in [0.4, 0.5) is 0 Å². The topological polar surface area (TPSA) is 64.0 Å². The lowest BCUT2D eigenvalue weighted by molar-refractivity contribution is 0.0927. The van der Waals surface area contributed by atoms with E-state index in [1.165, 1.54) is 15.8 Å². The molecule has 29 heavy (non-hydrogen) atoms. The van der Waals surface area contributed by atoms with Crippen LogP contribution < -0.4 is 10.9 Å². The highest BCUT2D eigenvalue weighted by molar-refractivity contribution is 6.04. The van der Waals surface area contributed by atoms with Crippen molar-refractivity contribution in [1.29, 1.82) is 0 Å². The van der Waals surface area contributed by atoms with Crippen molar-refractivity contribution < 1.29 is 4.79 Å². The van der Waals surface area contributed by atoms with E-state index >= 15 is 0 Å². The van der Waals surface area contributed by atoms with Crippen LogP contribution in [0.1, 0.15) is 60.8 Å². The Morgan fingerprint density at radius 2 is 1.86 bits per heavy atom. The van der Waals surface area contributed by atoms with Gasteiger partial charge in [-0.1, -0.05) is 56.3 Å². The molecule has 1 aliphatic rings. The van der Waals surface area contributed by atoms with Crippen molar-refractivity contribution in [3.8, 4) is 0 Å². The van der Waals surface area contributed by atoms with Gasteiger partial charge in [0.2, 0.25) is 0 Å². The number of benzene rings is 2. The van der Waals surface area contributed by atoms with Crippen LogP contribution in [-0.2, 0) is 13.0 Å². The van der Waals surface area contributed by atoms with Gasteiger partial charge in [-0.25, -0.2) is 4.68 Å². The van der Waals surface area contributed by atoms with Crippen LogP contribution in [0.3, 0.4) is 0 Å². The number of nitrogens with zero attached hydrogens (tertiary/aromatic N) is 2. The number of aryl methyl sites for hydroxylation is 2. The maximum atomic E-state index is 13.2. The summed E-state index contributed by atoms with van der Waals surface area (Å²) < 4.78 is 1.45. The van der Waals surface area contributed by atoms with Crippen LogP contribution >= 0.6 is 0 Å². The molecule has 0 bridgehead atoms. The van der Waals surface area contributed by atoms with Crippen molar-refractivity contribution in [3.63, 3.8) is 0 Å². The second-order valence-electron chi connectivity index (χ2n) is 8.22. The van der Waals surface area contributed by atoms with Gasteiger partial charge in [-0.2, -0.15) is 5.10 Å². The molecule has 3 aromatic rings. The standard InChI is InChI=1S/C24H27N3O2/c1-16(2)14-15-27-24(29)20-12-6-5-11-19(20)22(26-27)23(28)25-21-13-7-9-17-8-3-4-10-18(17)21/h3-6,8,10-12,16,21H,7,9,13-15H2,1-2H3,(H,25,28). The molecule has 1 atom stereocenters. The molecular formula is C24H27N3O2. The molecule has 1 aliphatic carbocycles. The van der Waals surface area contributed by atoms with Gasteiger partial charge < -0.3 is 5.32 Å². The van der Waals surface area contributed by atoms with Gasteiger partial charge in [0.1, 0.15) is 0 Å². The second-order valence-corrected chi connectivity index (χ2v) is 8.22. The number of hydrogen-bond donors (Lipinski definition) is 1. The summed E-state index contributed by atoms with van der Waals surface area (Å²) in [6, 6.07) is 15.5. The Balaban J connectivity index is 1.71. The summed E-state index contributed by atoms with van der Waals surface area (Å²) >= 11 is 0. The fraction of sp³-hybridized carbons (Fsp3) is 0.375. The van der Waals surface area contributed by atoms with Gasteiger partial charge in [0.15, 0.2) is 5.69 Å². The highest BCUT2D eigenvalue weighted by Gasteiger charge is 2.24. The van der Waals surface area contributed by atoms with E-state index in [0.29, 0.717) is 28.9 Å². The minimum Gasteiger partial charge on any atom is -0.344 e. The molecule has 1 heterocycles. The van der Waals surface area contributed by atoms with Gasteiger partial charge in [-0.05, 0) is 48.8 Å². The predicted molar refractivity (Wildman–Crippen MR) is 115 cm³/mol. The van der Waals surface area contributed by atoms with Crippen LogP contribution in [0, 0.1) is 5.92 Å². The quantitative estimate of drug-likeness (QED) is 0.709. The van der Waals surface area contributed by atoms with E-state index in [4.69, 9.17) is 0 Å². The van der Waals surface area contributed by atoms with Gasteiger partial charge >= 0.3 is 0 Å². The Hall–Kier alpha value is -2.95. The van der Waals surface area contributed by atoms with E-state index in [0.717, 1.165) is 25.7 Å². The first-order valence-electron chi connectivity index (χ1n) is 10.4. The van der Waals surface area contributed by atoms with Gasteiger partial charge in [0, 0.05) is 11.9 Å². The van der Waals surface area contributed by atoms with Crippen molar-refractivity contribution in [1.82, 2.24) is 15.1 Å². The molecule has 150 valence electrons. The summed E-state index contributed by atoms with van der Waals surface area (Å²) in [7, 11) is 0. The molecule has 5 heteroatoms. The zero-order chi connectivity index (χ0) is 20.4. The van der Waals surface area contributed by atoms with E-state index < -0.39 is 0 Å². The summed E-state index contributed by atoms with van der Waals surface area (Å²) in [6.45, 7) is 4.73. The molecule has 0 spiro atoms. The number of amides is 1. The molecule has 1 aromatic heterocycles. The van der Waals surface area contributed by atoms with Crippen LogP contribution in [-0.4, -0.2) is 15.7 Å². The molecular weight excluding hydrogens is 362 g/mol. The molecule has 0 fully saturated rings. The lowest BCUT2D eigenvalue weighted by atomic mass is 9.87. The van der Waals surface area contributed by atoms with E-state index in [1.807, 2.05) is 24.3 Å². The Morgan fingerprint density at radius 1 is 1.14 bits per heavy atom. The molecule has 1 amide bonds. The van der Waals surface area contributed by atoms with E-state index in [-0.39, 0.29) is 17.5 Å². The van der Waals surface area contributed by atoms with Gasteiger partial charge in [-0.3, -0.25) is 9.59 Å². The molecule has 1 unspecified atom stereocenters. The first kappa shape index (κ1) is 19.4. The van der Waals surface area contributed by atoms with Crippen molar-refractivity contribution in [2.75, 3.05) is 0 Å². The molecule has 2 aromatic carbocycles. The molecule has 4 rings (SSSR count). The van der Waals surface area contributed by atoms with Crippen molar-refractivity contribution in [3.05, 3.63) is 75.7 Å².